The van der Waals surface area contributed by atoms with Crippen molar-refractivity contribution in [1.29, 1.82) is 0 Å². The summed E-state index contributed by atoms with van der Waals surface area (Å²) < 4.78 is 5.71. The van der Waals surface area contributed by atoms with Gasteiger partial charge in [-0.2, -0.15) is 0 Å². The SMILES string of the molecule is O=C(NCC1CCCCC1)c1cccc2c1OCCC2. The lowest BCUT2D eigenvalue weighted by atomic mass is 9.89. The van der Waals surface area contributed by atoms with E-state index in [1.54, 1.807) is 0 Å². The number of para-hydroxylation sites is 1. The van der Waals surface area contributed by atoms with Gasteiger partial charge in [-0.3, -0.25) is 4.79 Å². The molecule has 1 aliphatic heterocycles. The van der Waals surface area contributed by atoms with E-state index in [9.17, 15) is 4.79 Å². The van der Waals surface area contributed by atoms with Crippen LogP contribution >= 0.6 is 0 Å². The number of benzene rings is 1. The van der Waals surface area contributed by atoms with Gasteiger partial charge < -0.3 is 10.1 Å². The second kappa shape index (κ2) is 6.29. The average molecular weight is 273 g/mol. The van der Waals surface area contributed by atoms with Crippen LogP contribution in [0.15, 0.2) is 18.2 Å². The third-order valence-electron chi connectivity index (χ3n) is 4.45. The third-order valence-corrected chi connectivity index (χ3v) is 4.45. The zero-order chi connectivity index (χ0) is 13.8. The van der Waals surface area contributed by atoms with Gasteiger partial charge in [0.25, 0.3) is 5.91 Å². The van der Waals surface area contributed by atoms with E-state index in [4.69, 9.17) is 4.74 Å². The van der Waals surface area contributed by atoms with Gasteiger partial charge in [-0.25, -0.2) is 0 Å². The molecule has 0 aromatic heterocycles. The van der Waals surface area contributed by atoms with Crippen molar-refractivity contribution in [2.45, 2.75) is 44.9 Å². The van der Waals surface area contributed by atoms with Gasteiger partial charge in [-0.05, 0) is 43.2 Å². The topological polar surface area (TPSA) is 38.3 Å². The number of carbonyl (C=O) groups excluding carboxylic acids is 1. The van der Waals surface area contributed by atoms with Crippen LogP contribution in [0.25, 0.3) is 0 Å². The molecule has 3 nitrogen and oxygen atoms in total. The Morgan fingerprint density at radius 3 is 2.90 bits per heavy atom. The van der Waals surface area contributed by atoms with Crippen LogP contribution in [-0.2, 0) is 6.42 Å². The highest BCUT2D eigenvalue weighted by molar-refractivity contribution is 5.97. The Morgan fingerprint density at radius 2 is 2.05 bits per heavy atom. The average Bonchev–Trinajstić information content (AvgIpc) is 2.53. The Labute approximate surface area is 120 Å². The highest BCUT2D eigenvalue weighted by atomic mass is 16.5. The summed E-state index contributed by atoms with van der Waals surface area (Å²) in [6, 6.07) is 5.90. The predicted octanol–water partition coefficient (Wildman–Crippen LogP) is 3.32. The number of nitrogens with one attached hydrogen (secondary N) is 1. The summed E-state index contributed by atoms with van der Waals surface area (Å²) in [4.78, 5) is 12.4. The van der Waals surface area contributed by atoms with Crippen molar-refractivity contribution in [3.63, 3.8) is 0 Å². The van der Waals surface area contributed by atoms with Gasteiger partial charge >= 0.3 is 0 Å². The fourth-order valence-electron chi connectivity index (χ4n) is 3.29. The maximum absolute atomic E-state index is 12.4. The van der Waals surface area contributed by atoms with Crippen LogP contribution in [0.5, 0.6) is 5.75 Å². The molecule has 0 radical (unpaired) electrons. The predicted molar refractivity (Wildman–Crippen MR) is 79.2 cm³/mol. The number of carbonyl (C=O) groups is 1. The number of fused-ring (bicyclic) bond motifs is 1. The summed E-state index contributed by atoms with van der Waals surface area (Å²) in [5, 5.41) is 3.10. The van der Waals surface area contributed by atoms with Crippen molar-refractivity contribution in [2.24, 2.45) is 5.92 Å². The van der Waals surface area contributed by atoms with Crippen molar-refractivity contribution < 1.29 is 9.53 Å². The monoisotopic (exact) mass is 273 g/mol. The first-order chi connectivity index (χ1) is 9.84. The standard InChI is InChI=1S/C17H23NO2/c19-17(18-12-13-6-2-1-3-7-13)15-10-4-8-14-9-5-11-20-16(14)15/h4,8,10,13H,1-3,5-7,9,11-12H2,(H,18,19). The normalized spacial score (nSPS) is 19.0. The van der Waals surface area contributed by atoms with Crippen molar-refractivity contribution in [2.75, 3.05) is 13.2 Å². The number of ether oxygens (including phenoxy) is 1. The maximum atomic E-state index is 12.4. The van der Waals surface area contributed by atoms with E-state index in [0.717, 1.165) is 31.7 Å². The molecule has 0 spiro atoms. The zero-order valence-electron chi connectivity index (χ0n) is 12.0. The lowest BCUT2D eigenvalue weighted by Gasteiger charge is -2.23. The lowest BCUT2D eigenvalue weighted by molar-refractivity contribution is 0.0938. The molecule has 108 valence electrons. The third kappa shape index (κ3) is 2.97. The number of rotatable bonds is 3. The van der Waals surface area contributed by atoms with Crippen LogP contribution in [0.1, 0.15) is 54.4 Å². The molecule has 3 heteroatoms. The molecule has 2 aliphatic rings. The highest BCUT2D eigenvalue weighted by Crippen LogP contribution is 2.29. The van der Waals surface area contributed by atoms with Gasteiger partial charge in [-0.1, -0.05) is 31.4 Å². The summed E-state index contributed by atoms with van der Waals surface area (Å²) in [5.41, 5.74) is 1.87. The van der Waals surface area contributed by atoms with Gasteiger partial charge in [-0.15, -0.1) is 0 Å². The summed E-state index contributed by atoms with van der Waals surface area (Å²) in [6.07, 6.45) is 8.53. The molecular weight excluding hydrogens is 250 g/mol. The number of amides is 1. The van der Waals surface area contributed by atoms with Crippen molar-refractivity contribution in [1.82, 2.24) is 5.32 Å². The largest absolute Gasteiger partial charge is 0.492 e. The quantitative estimate of drug-likeness (QED) is 0.917. The Hall–Kier alpha value is -1.51. The van der Waals surface area contributed by atoms with E-state index in [0.29, 0.717) is 11.5 Å². The molecule has 1 N–H and O–H groups in total. The van der Waals surface area contributed by atoms with E-state index < -0.39 is 0 Å². The van der Waals surface area contributed by atoms with Crippen LogP contribution < -0.4 is 10.1 Å². The highest BCUT2D eigenvalue weighted by Gasteiger charge is 2.20. The molecule has 20 heavy (non-hydrogen) atoms. The fourth-order valence-corrected chi connectivity index (χ4v) is 3.29. The van der Waals surface area contributed by atoms with E-state index in [1.807, 2.05) is 12.1 Å². The summed E-state index contributed by atoms with van der Waals surface area (Å²) in [6.45, 7) is 1.53. The Morgan fingerprint density at radius 1 is 1.20 bits per heavy atom. The molecule has 1 aromatic rings. The Balaban J connectivity index is 1.64. The van der Waals surface area contributed by atoms with Crippen molar-refractivity contribution in [3.05, 3.63) is 29.3 Å². The summed E-state index contributed by atoms with van der Waals surface area (Å²) in [7, 11) is 0. The molecule has 1 amide bonds. The van der Waals surface area contributed by atoms with Gasteiger partial charge in [0.05, 0.1) is 12.2 Å². The molecule has 3 rings (SSSR count). The molecule has 0 bridgehead atoms. The first kappa shape index (κ1) is 13.5. The molecule has 1 aliphatic carbocycles. The smallest absolute Gasteiger partial charge is 0.255 e. The number of hydrogen-bond acceptors (Lipinski definition) is 2. The number of hydrogen-bond donors (Lipinski definition) is 1. The van der Waals surface area contributed by atoms with Crippen LogP contribution in [0.3, 0.4) is 0 Å². The molecule has 1 saturated carbocycles. The minimum absolute atomic E-state index is 0.0225. The second-order valence-electron chi connectivity index (χ2n) is 5.96. The van der Waals surface area contributed by atoms with Crippen LogP contribution in [0, 0.1) is 5.92 Å². The van der Waals surface area contributed by atoms with Crippen molar-refractivity contribution >= 4 is 5.91 Å². The Kier molecular flexibility index (Phi) is 4.24. The summed E-state index contributed by atoms with van der Waals surface area (Å²) >= 11 is 0. The van der Waals surface area contributed by atoms with Gasteiger partial charge in [0.2, 0.25) is 0 Å². The maximum Gasteiger partial charge on any atom is 0.255 e. The Bertz CT molecular complexity index is 478. The number of aryl methyl sites for hydroxylation is 1. The zero-order valence-corrected chi connectivity index (χ0v) is 12.0. The molecule has 1 heterocycles. The molecule has 0 atom stereocenters. The molecule has 1 fully saturated rings. The molecule has 0 saturated heterocycles. The lowest BCUT2D eigenvalue weighted by Crippen LogP contribution is -2.31. The van der Waals surface area contributed by atoms with E-state index in [2.05, 4.69) is 11.4 Å². The first-order valence-electron chi connectivity index (χ1n) is 7.87. The molecular formula is C17H23NO2. The van der Waals surface area contributed by atoms with Gasteiger partial charge in [0.15, 0.2) is 0 Å². The second-order valence-corrected chi connectivity index (χ2v) is 5.96. The van der Waals surface area contributed by atoms with E-state index in [-0.39, 0.29) is 5.91 Å². The van der Waals surface area contributed by atoms with Crippen LogP contribution in [0.2, 0.25) is 0 Å². The van der Waals surface area contributed by atoms with E-state index in [1.165, 1.54) is 37.7 Å². The summed E-state index contributed by atoms with van der Waals surface area (Å²) in [5.74, 6) is 1.49. The van der Waals surface area contributed by atoms with Crippen molar-refractivity contribution in [3.8, 4) is 5.75 Å². The van der Waals surface area contributed by atoms with Gasteiger partial charge in [0, 0.05) is 6.54 Å². The minimum atomic E-state index is 0.0225. The minimum Gasteiger partial charge on any atom is -0.492 e. The van der Waals surface area contributed by atoms with Crippen LogP contribution in [0.4, 0.5) is 0 Å². The van der Waals surface area contributed by atoms with E-state index >= 15 is 0 Å². The first-order valence-corrected chi connectivity index (χ1v) is 7.87. The van der Waals surface area contributed by atoms with Gasteiger partial charge in [0.1, 0.15) is 5.75 Å². The molecule has 1 aromatic carbocycles. The molecule has 0 unspecified atom stereocenters. The fraction of sp³-hybridized carbons (Fsp3) is 0.588. The van der Waals surface area contributed by atoms with Crippen LogP contribution in [-0.4, -0.2) is 19.1 Å².